The number of ketones is 1. The molecule has 1 aromatic heterocycles. The number of aryl methyl sites for hydroxylation is 2. The van der Waals surface area contributed by atoms with Gasteiger partial charge in [0.2, 0.25) is 0 Å². The second-order valence-corrected chi connectivity index (χ2v) is 3.90. The topological polar surface area (TPSA) is 30.2 Å². The maximum atomic E-state index is 13.4. The predicted octanol–water partition coefficient (Wildman–Crippen LogP) is 3.52. The molecule has 0 fully saturated rings. The van der Waals surface area contributed by atoms with Gasteiger partial charge < -0.3 is 4.42 Å². The van der Waals surface area contributed by atoms with Crippen molar-refractivity contribution in [3.8, 4) is 0 Å². The lowest BCUT2D eigenvalue weighted by Crippen LogP contribution is -2.03. The molecule has 2 aromatic rings. The summed E-state index contributed by atoms with van der Waals surface area (Å²) in [7, 11) is 0. The molecule has 0 saturated heterocycles. The zero-order valence-corrected chi connectivity index (χ0v) is 9.79. The number of hydrogen-bond acceptors (Lipinski definition) is 2. The third kappa shape index (κ3) is 2.13. The lowest BCUT2D eigenvalue weighted by molar-refractivity contribution is 0.103. The maximum Gasteiger partial charge on any atom is 0.196 e. The smallest absolute Gasteiger partial charge is 0.196 e. The highest BCUT2D eigenvalue weighted by Crippen LogP contribution is 2.18. The van der Waals surface area contributed by atoms with Gasteiger partial charge in [0.15, 0.2) is 5.78 Å². The van der Waals surface area contributed by atoms with Crippen LogP contribution < -0.4 is 0 Å². The zero-order valence-electron chi connectivity index (χ0n) is 9.79. The van der Waals surface area contributed by atoms with Gasteiger partial charge in [-0.1, -0.05) is 19.1 Å². The lowest BCUT2D eigenvalue weighted by Gasteiger charge is -2.02. The number of carbonyl (C=O) groups excluding carboxylic acids is 1. The Bertz CT molecular complexity index is 555. The summed E-state index contributed by atoms with van der Waals surface area (Å²) in [5.41, 5.74) is 1.39. The molecule has 88 valence electrons. The Morgan fingerprint density at radius 1 is 1.35 bits per heavy atom. The third-order valence-electron chi connectivity index (χ3n) is 2.75. The number of hydrogen-bond donors (Lipinski definition) is 0. The third-order valence-corrected chi connectivity index (χ3v) is 2.75. The quantitative estimate of drug-likeness (QED) is 0.758. The predicted molar refractivity (Wildman–Crippen MR) is 62.7 cm³/mol. The van der Waals surface area contributed by atoms with Crippen LogP contribution in [0, 0.1) is 12.7 Å². The van der Waals surface area contributed by atoms with E-state index >= 15 is 0 Å². The Kier molecular flexibility index (Phi) is 3.09. The van der Waals surface area contributed by atoms with E-state index in [1.165, 1.54) is 12.3 Å². The number of benzene rings is 1. The summed E-state index contributed by atoms with van der Waals surface area (Å²) < 4.78 is 18.6. The summed E-state index contributed by atoms with van der Waals surface area (Å²) in [6, 6.07) is 6.13. The van der Waals surface area contributed by atoms with Gasteiger partial charge in [-0.3, -0.25) is 4.79 Å². The molecule has 0 spiro atoms. The molecule has 0 radical (unpaired) electrons. The molecule has 0 bridgehead atoms. The molecule has 0 aliphatic heterocycles. The first kappa shape index (κ1) is 11.6. The Balaban J connectivity index is 2.40. The van der Waals surface area contributed by atoms with Crippen molar-refractivity contribution >= 4 is 5.78 Å². The van der Waals surface area contributed by atoms with E-state index in [2.05, 4.69) is 0 Å². The molecule has 1 aromatic carbocycles. The Hall–Kier alpha value is -1.90. The normalized spacial score (nSPS) is 10.5. The van der Waals surface area contributed by atoms with Crippen molar-refractivity contribution in [3.05, 3.63) is 58.8 Å². The van der Waals surface area contributed by atoms with E-state index < -0.39 is 0 Å². The van der Waals surface area contributed by atoms with Crippen LogP contribution in [-0.2, 0) is 6.42 Å². The van der Waals surface area contributed by atoms with Gasteiger partial charge in [0.05, 0.1) is 11.8 Å². The van der Waals surface area contributed by atoms with Crippen molar-refractivity contribution in [2.75, 3.05) is 0 Å². The van der Waals surface area contributed by atoms with Gasteiger partial charge >= 0.3 is 0 Å². The minimum Gasteiger partial charge on any atom is -0.469 e. The fourth-order valence-corrected chi connectivity index (χ4v) is 1.71. The molecule has 1 heterocycles. The molecule has 0 saturated carbocycles. The van der Waals surface area contributed by atoms with Crippen molar-refractivity contribution in [3.63, 3.8) is 0 Å². The largest absolute Gasteiger partial charge is 0.469 e. The fraction of sp³-hybridized carbons (Fsp3) is 0.214. The second kappa shape index (κ2) is 4.53. The Morgan fingerprint density at radius 2 is 2.12 bits per heavy atom. The van der Waals surface area contributed by atoms with Crippen LogP contribution in [0.2, 0.25) is 0 Å². The highest BCUT2D eigenvalue weighted by atomic mass is 19.1. The number of furan rings is 1. The molecule has 0 amide bonds. The maximum absolute atomic E-state index is 13.4. The van der Waals surface area contributed by atoms with E-state index in [9.17, 15) is 9.18 Å². The number of rotatable bonds is 3. The summed E-state index contributed by atoms with van der Waals surface area (Å²) in [6.45, 7) is 3.57. The van der Waals surface area contributed by atoms with Crippen LogP contribution in [0.1, 0.15) is 34.2 Å². The first-order valence-electron chi connectivity index (χ1n) is 5.50. The summed E-state index contributed by atoms with van der Waals surface area (Å²) in [5.74, 6) is 0.0721. The Labute approximate surface area is 99.1 Å². The number of carbonyl (C=O) groups is 1. The minimum atomic E-state index is -0.364. The summed E-state index contributed by atoms with van der Waals surface area (Å²) in [6.07, 6.45) is 2.12. The van der Waals surface area contributed by atoms with Crippen LogP contribution in [0.25, 0.3) is 0 Å². The molecule has 0 atom stereocenters. The molecule has 0 aliphatic carbocycles. The standard InChI is InChI=1S/C14H13FO2/c1-3-13-11(6-7-17-13)14(16)10-5-4-9(2)12(15)8-10/h4-8H,3H2,1-2H3. The SMILES string of the molecule is CCc1occc1C(=O)c1ccc(C)c(F)c1. The highest BCUT2D eigenvalue weighted by molar-refractivity contribution is 6.09. The Morgan fingerprint density at radius 3 is 2.76 bits per heavy atom. The average Bonchev–Trinajstić information content (AvgIpc) is 2.80. The zero-order chi connectivity index (χ0) is 12.4. The molecule has 2 nitrogen and oxygen atoms in total. The van der Waals surface area contributed by atoms with Crippen LogP contribution in [0.3, 0.4) is 0 Å². The second-order valence-electron chi connectivity index (χ2n) is 3.90. The molecule has 2 rings (SSSR count). The molecule has 0 aliphatic rings. The van der Waals surface area contributed by atoms with E-state index in [0.29, 0.717) is 28.9 Å². The van der Waals surface area contributed by atoms with Crippen molar-refractivity contribution in [2.45, 2.75) is 20.3 Å². The van der Waals surface area contributed by atoms with Gasteiger partial charge in [-0.25, -0.2) is 4.39 Å². The molecule has 17 heavy (non-hydrogen) atoms. The molecule has 0 unspecified atom stereocenters. The molecular weight excluding hydrogens is 219 g/mol. The average molecular weight is 232 g/mol. The van der Waals surface area contributed by atoms with Gasteiger partial charge in [0.25, 0.3) is 0 Å². The summed E-state index contributed by atoms with van der Waals surface area (Å²) in [4.78, 5) is 12.1. The molecular formula is C14H13FO2. The molecule has 0 N–H and O–H groups in total. The van der Waals surface area contributed by atoms with Crippen LogP contribution in [-0.4, -0.2) is 5.78 Å². The first-order chi connectivity index (χ1) is 8.13. The van der Waals surface area contributed by atoms with Gasteiger partial charge in [0, 0.05) is 12.0 Å². The van der Waals surface area contributed by atoms with E-state index in [0.717, 1.165) is 0 Å². The highest BCUT2D eigenvalue weighted by Gasteiger charge is 2.16. The van der Waals surface area contributed by atoms with Gasteiger partial charge in [-0.05, 0) is 24.6 Å². The monoisotopic (exact) mass is 232 g/mol. The summed E-state index contributed by atoms with van der Waals surface area (Å²) in [5, 5.41) is 0. The van der Waals surface area contributed by atoms with Crippen molar-refractivity contribution < 1.29 is 13.6 Å². The van der Waals surface area contributed by atoms with Crippen molar-refractivity contribution in [2.24, 2.45) is 0 Å². The molecule has 3 heteroatoms. The van der Waals surface area contributed by atoms with Crippen molar-refractivity contribution in [1.29, 1.82) is 0 Å². The minimum absolute atomic E-state index is 0.200. The lowest BCUT2D eigenvalue weighted by atomic mass is 10.0. The van der Waals surface area contributed by atoms with Crippen LogP contribution in [0.15, 0.2) is 34.9 Å². The fourth-order valence-electron chi connectivity index (χ4n) is 1.71. The number of halogens is 1. The van der Waals surface area contributed by atoms with Crippen molar-refractivity contribution in [1.82, 2.24) is 0 Å². The van der Waals surface area contributed by atoms with Gasteiger partial charge in [0.1, 0.15) is 11.6 Å². The van der Waals surface area contributed by atoms with Crippen LogP contribution in [0.5, 0.6) is 0 Å². The first-order valence-corrected chi connectivity index (χ1v) is 5.50. The van der Waals surface area contributed by atoms with E-state index in [4.69, 9.17) is 4.42 Å². The van der Waals surface area contributed by atoms with Crippen LogP contribution >= 0.6 is 0 Å². The van der Waals surface area contributed by atoms with Crippen LogP contribution in [0.4, 0.5) is 4.39 Å². The summed E-state index contributed by atoms with van der Waals surface area (Å²) >= 11 is 0. The van der Waals surface area contributed by atoms with E-state index in [1.807, 2.05) is 6.92 Å². The van der Waals surface area contributed by atoms with E-state index in [1.54, 1.807) is 25.1 Å². The van der Waals surface area contributed by atoms with Gasteiger partial charge in [-0.15, -0.1) is 0 Å². The van der Waals surface area contributed by atoms with E-state index in [-0.39, 0.29) is 11.6 Å². The van der Waals surface area contributed by atoms with Gasteiger partial charge in [-0.2, -0.15) is 0 Å².